The average Bonchev–Trinajstić information content (AvgIpc) is 2.58. The van der Waals surface area contributed by atoms with Crippen molar-refractivity contribution in [1.29, 1.82) is 0 Å². The molecule has 0 N–H and O–H groups in total. The largest absolute Gasteiger partial charge is 0.466 e. The summed E-state index contributed by atoms with van der Waals surface area (Å²) in [6, 6.07) is 0.0156. The lowest BCUT2D eigenvalue weighted by molar-refractivity contribution is -0.140. The summed E-state index contributed by atoms with van der Waals surface area (Å²) in [6.07, 6.45) is 0. The fourth-order valence-electron chi connectivity index (χ4n) is 2.12. The number of methoxy groups -OCH3 is 2. The van der Waals surface area contributed by atoms with Gasteiger partial charge < -0.3 is 19.1 Å². The second-order valence-electron chi connectivity index (χ2n) is 4.53. The Kier molecular flexibility index (Phi) is 5.07. The Labute approximate surface area is 133 Å². The summed E-state index contributed by atoms with van der Waals surface area (Å²) < 4.78 is 68.8. The van der Waals surface area contributed by atoms with Crippen LogP contribution in [0.3, 0.4) is 0 Å². The summed E-state index contributed by atoms with van der Waals surface area (Å²) >= 11 is 0. The highest BCUT2D eigenvalue weighted by molar-refractivity contribution is 6.03. The molecule has 24 heavy (non-hydrogen) atoms. The standard InChI is InChI=1S/C14H11F4NO5/c1-22-13(20)6-4-24-5-19(11(6)14(21)23-2)12-9(17)7(15)3-8(16)10(12)18/h3H,4-5H2,1-2H3. The number of hydrogen-bond acceptors (Lipinski definition) is 6. The maximum atomic E-state index is 14.0. The van der Waals surface area contributed by atoms with E-state index in [1.807, 2.05) is 0 Å². The van der Waals surface area contributed by atoms with Gasteiger partial charge in [-0.15, -0.1) is 0 Å². The predicted octanol–water partition coefficient (Wildman–Crippen LogP) is 1.64. The van der Waals surface area contributed by atoms with Crippen molar-refractivity contribution in [2.45, 2.75) is 0 Å². The predicted molar refractivity (Wildman–Crippen MR) is 70.6 cm³/mol. The van der Waals surface area contributed by atoms with Crippen molar-refractivity contribution < 1.29 is 41.4 Å². The summed E-state index contributed by atoms with van der Waals surface area (Å²) in [5.74, 6) is -9.08. The van der Waals surface area contributed by atoms with E-state index in [0.29, 0.717) is 4.90 Å². The van der Waals surface area contributed by atoms with Crippen LogP contribution in [0.2, 0.25) is 0 Å². The van der Waals surface area contributed by atoms with E-state index in [1.165, 1.54) is 0 Å². The van der Waals surface area contributed by atoms with Crippen LogP contribution in [-0.2, 0) is 23.8 Å². The number of halogens is 4. The van der Waals surface area contributed by atoms with Gasteiger partial charge in [-0.2, -0.15) is 0 Å². The third-order valence-electron chi connectivity index (χ3n) is 3.19. The van der Waals surface area contributed by atoms with Crippen LogP contribution in [0.1, 0.15) is 0 Å². The van der Waals surface area contributed by atoms with Crippen LogP contribution in [0.5, 0.6) is 0 Å². The quantitative estimate of drug-likeness (QED) is 0.470. The lowest BCUT2D eigenvalue weighted by Gasteiger charge is -2.31. The lowest BCUT2D eigenvalue weighted by atomic mass is 10.1. The van der Waals surface area contributed by atoms with Gasteiger partial charge in [0.1, 0.15) is 18.1 Å². The van der Waals surface area contributed by atoms with Crippen LogP contribution in [0, 0.1) is 23.3 Å². The van der Waals surface area contributed by atoms with E-state index < -0.39 is 65.5 Å². The minimum Gasteiger partial charge on any atom is -0.466 e. The van der Waals surface area contributed by atoms with Crippen LogP contribution in [0.25, 0.3) is 0 Å². The fraction of sp³-hybridized carbons (Fsp3) is 0.286. The molecule has 1 heterocycles. The first-order valence-electron chi connectivity index (χ1n) is 6.41. The molecule has 0 saturated carbocycles. The molecule has 0 amide bonds. The molecule has 0 aromatic heterocycles. The van der Waals surface area contributed by atoms with Crippen molar-refractivity contribution in [3.05, 3.63) is 40.6 Å². The molecule has 1 aromatic rings. The zero-order valence-corrected chi connectivity index (χ0v) is 12.5. The zero-order valence-electron chi connectivity index (χ0n) is 12.5. The van der Waals surface area contributed by atoms with Gasteiger partial charge in [0, 0.05) is 6.07 Å². The summed E-state index contributed by atoms with van der Waals surface area (Å²) in [4.78, 5) is 24.2. The highest BCUT2D eigenvalue weighted by Gasteiger charge is 2.36. The SMILES string of the molecule is COC(=O)C1=C(C(=O)OC)N(c2c(F)c(F)cc(F)c2F)COC1. The Bertz CT molecular complexity index is 708. The van der Waals surface area contributed by atoms with Gasteiger partial charge >= 0.3 is 11.9 Å². The first-order valence-corrected chi connectivity index (χ1v) is 6.41. The summed E-state index contributed by atoms with van der Waals surface area (Å²) in [5, 5.41) is 0. The lowest BCUT2D eigenvalue weighted by Crippen LogP contribution is -2.40. The number of ether oxygens (including phenoxy) is 3. The highest BCUT2D eigenvalue weighted by atomic mass is 19.2. The molecule has 6 nitrogen and oxygen atoms in total. The van der Waals surface area contributed by atoms with Gasteiger partial charge in [-0.05, 0) is 0 Å². The molecule has 0 aliphatic carbocycles. The molecule has 1 aromatic carbocycles. The normalized spacial score (nSPS) is 14.7. The summed E-state index contributed by atoms with van der Waals surface area (Å²) in [6.45, 7) is -1.07. The smallest absolute Gasteiger partial charge is 0.355 e. The maximum absolute atomic E-state index is 14.0. The van der Waals surface area contributed by atoms with E-state index in [2.05, 4.69) is 9.47 Å². The monoisotopic (exact) mass is 349 g/mol. The molecule has 0 saturated heterocycles. The molecule has 0 radical (unpaired) electrons. The van der Waals surface area contributed by atoms with Gasteiger partial charge in [-0.1, -0.05) is 0 Å². The molecule has 130 valence electrons. The van der Waals surface area contributed by atoms with Crippen LogP contribution in [0.15, 0.2) is 17.3 Å². The Morgan fingerprint density at radius 3 is 2.08 bits per heavy atom. The minimum absolute atomic E-state index is 0.0156. The van der Waals surface area contributed by atoms with Crippen LogP contribution in [0.4, 0.5) is 23.2 Å². The van der Waals surface area contributed by atoms with Crippen molar-refractivity contribution in [3.8, 4) is 0 Å². The van der Waals surface area contributed by atoms with E-state index in [0.717, 1.165) is 14.2 Å². The number of anilines is 1. The third kappa shape index (κ3) is 2.92. The third-order valence-corrected chi connectivity index (χ3v) is 3.19. The minimum atomic E-state index is -1.76. The maximum Gasteiger partial charge on any atom is 0.355 e. The number of carbonyl (C=O) groups excluding carboxylic acids is 2. The van der Waals surface area contributed by atoms with E-state index >= 15 is 0 Å². The molecule has 0 fully saturated rings. The van der Waals surface area contributed by atoms with E-state index in [4.69, 9.17) is 4.74 Å². The van der Waals surface area contributed by atoms with Crippen molar-refractivity contribution in [2.24, 2.45) is 0 Å². The van der Waals surface area contributed by atoms with Crippen LogP contribution >= 0.6 is 0 Å². The first kappa shape index (κ1) is 17.7. The molecule has 2 rings (SSSR count). The van der Waals surface area contributed by atoms with Gasteiger partial charge in [-0.3, -0.25) is 0 Å². The molecule has 0 unspecified atom stereocenters. The number of hydrogen-bond donors (Lipinski definition) is 0. The molecular weight excluding hydrogens is 338 g/mol. The van der Waals surface area contributed by atoms with Gasteiger partial charge in [0.05, 0.1) is 26.4 Å². The summed E-state index contributed by atoms with van der Waals surface area (Å²) in [5.41, 5.74) is -2.29. The van der Waals surface area contributed by atoms with Crippen molar-refractivity contribution in [3.63, 3.8) is 0 Å². The molecule has 10 heteroatoms. The number of carbonyl (C=O) groups is 2. The van der Waals surface area contributed by atoms with Crippen LogP contribution in [-0.4, -0.2) is 39.5 Å². The van der Waals surface area contributed by atoms with Gasteiger partial charge in [0.25, 0.3) is 0 Å². The molecule has 1 aliphatic heterocycles. The molecule has 0 bridgehead atoms. The molecule has 0 spiro atoms. The molecule has 0 atom stereocenters. The zero-order chi connectivity index (χ0) is 18.0. The van der Waals surface area contributed by atoms with Crippen molar-refractivity contribution in [2.75, 3.05) is 32.5 Å². The topological polar surface area (TPSA) is 65.1 Å². The Morgan fingerprint density at radius 1 is 1.04 bits per heavy atom. The number of benzene rings is 1. The highest BCUT2D eigenvalue weighted by Crippen LogP contribution is 2.33. The average molecular weight is 349 g/mol. The van der Waals surface area contributed by atoms with E-state index in [9.17, 15) is 27.2 Å². The summed E-state index contributed by atoms with van der Waals surface area (Å²) in [7, 11) is 1.96. The second kappa shape index (κ2) is 6.87. The first-order chi connectivity index (χ1) is 11.3. The number of esters is 2. The molecule has 1 aliphatic rings. The van der Waals surface area contributed by atoms with Gasteiger partial charge in [-0.25, -0.2) is 27.2 Å². The van der Waals surface area contributed by atoms with E-state index in [-0.39, 0.29) is 6.07 Å². The van der Waals surface area contributed by atoms with E-state index in [1.54, 1.807) is 0 Å². The number of nitrogens with zero attached hydrogens (tertiary/aromatic N) is 1. The Hall–Kier alpha value is -2.62. The Balaban J connectivity index is 2.73. The Morgan fingerprint density at radius 2 is 1.58 bits per heavy atom. The van der Waals surface area contributed by atoms with Gasteiger partial charge in [0.15, 0.2) is 23.3 Å². The van der Waals surface area contributed by atoms with Gasteiger partial charge in [0.2, 0.25) is 0 Å². The second-order valence-corrected chi connectivity index (χ2v) is 4.53. The van der Waals surface area contributed by atoms with Crippen molar-refractivity contribution >= 4 is 17.6 Å². The molecular formula is C14H11F4NO5. The number of rotatable bonds is 3. The fourth-order valence-corrected chi connectivity index (χ4v) is 2.12. The van der Waals surface area contributed by atoms with Crippen LogP contribution < -0.4 is 4.90 Å². The van der Waals surface area contributed by atoms with Crippen molar-refractivity contribution in [1.82, 2.24) is 0 Å².